The number of anilines is 1. The molecule has 2 aromatic rings. The molecule has 24 heavy (non-hydrogen) atoms. The van der Waals surface area contributed by atoms with Gasteiger partial charge in [0.25, 0.3) is 0 Å². The van der Waals surface area contributed by atoms with Crippen LogP contribution < -0.4 is 14.8 Å². The Bertz CT molecular complexity index is 740. The first-order valence-corrected chi connectivity index (χ1v) is 7.66. The summed E-state index contributed by atoms with van der Waals surface area (Å²) in [5, 5.41) is 2.80. The lowest BCUT2D eigenvalue weighted by Gasteiger charge is -2.11. The van der Waals surface area contributed by atoms with Gasteiger partial charge in [0.2, 0.25) is 5.91 Å². The molecular weight excluding hydrogens is 306 g/mol. The second-order valence-corrected chi connectivity index (χ2v) is 5.34. The van der Waals surface area contributed by atoms with Crippen LogP contribution in [0.3, 0.4) is 0 Å². The van der Waals surface area contributed by atoms with E-state index in [2.05, 4.69) is 5.32 Å². The number of carbonyl (C=O) groups excluding carboxylic acids is 2. The lowest BCUT2D eigenvalue weighted by molar-refractivity contribution is -0.116. The molecule has 1 N–H and O–H groups in total. The molecule has 0 unspecified atom stereocenters. The van der Waals surface area contributed by atoms with Gasteiger partial charge in [0.1, 0.15) is 0 Å². The van der Waals surface area contributed by atoms with Gasteiger partial charge in [0.05, 0.1) is 19.9 Å². The molecule has 0 aliphatic rings. The van der Waals surface area contributed by atoms with Crippen LogP contribution in [0.5, 0.6) is 11.5 Å². The number of ketones is 1. The van der Waals surface area contributed by atoms with Crippen molar-refractivity contribution < 1.29 is 19.1 Å². The number of hydrogen-bond acceptors (Lipinski definition) is 4. The highest BCUT2D eigenvalue weighted by Crippen LogP contribution is 2.28. The minimum Gasteiger partial charge on any atom is -0.493 e. The van der Waals surface area contributed by atoms with Gasteiger partial charge in [-0.15, -0.1) is 0 Å². The zero-order chi connectivity index (χ0) is 17.5. The zero-order valence-electron chi connectivity index (χ0n) is 14.1. The number of nitrogens with one attached hydrogen (secondary N) is 1. The molecular formula is C19H21NO4. The van der Waals surface area contributed by atoms with E-state index in [1.807, 2.05) is 18.2 Å². The zero-order valence-corrected chi connectivity index (χ0v) is 14.1. The Morgan fingerprint density at radius 3 is 2.38 bits per heavy atom. The van der Waals surface area contributed by atoms with Crippen molar-refractivity contribution in [2.24, 2.45) is 0 Å². The van der Waals surface area contributed by atoms with E-state index in [1.54, 1.807) is 38.5 Å². The summed E-state index contributed by atoms with van der Waals surface area (Å²) in [5.74, 6) is 1.07. The second-order valence-electron chi connectivity index (χ2n) is 5.34. The Balaban J connectivity index is 2.00. The number of Topliss-reactive ketones (excluding diaryl/α,β-unsaturated/α-hetero) is 1. The summed E-state index contributed by atoms with van der Waals surface area (Å²) in [6, 6.07) is 12.6. The maximum Gasteiger partial charge on any atom is 0.224 e. The molecule has 0 radical (unpaired) electrons. The van der Waals surface area contributed by atoms with Crippen LogP contribution in [0.4, 0.5) is 5.69 Å². The Hall–Kier alpha value is -2.82. The van der Waals surface area contributed by atoms with E-state index >= 15 is 0 Å². The van der Waals surface area contributed by atoms with Gasteiger partial charge in [-0.05, 0) is 43.2 Å². The van der Waals surface area contributed by atoms with Gasteiger partial charge in [-0.25, -0.2) is 0 Å². The van der Waals surface area contributed by atoms with Gasteiger partial charge >= 0.3 is 0 Å². The van der Waals surface area contributed by atoms with Crippen LogP contribution in [-0.4, -0.2) is 25.9 Å². The van der Waals surface area contributed by atoms with Crippen molar-refractivity contribution >= 4 is 17.4 Å². The molecule has 0 heterocycles. The van der Waals surface area contributed by atoms with Crippen molar-refractivity contribution in [1.82, 2.24) is 0 Å². The van der Waals surface area contributed by atoms with Crippen LogP contribution in [-0.2, 0) is 11.2 Å². The number of hydrogen-bond donors (Lipinski definition) is 1. The van der Waals surface area contributed by atoms with E-state index in [9.17, 15) is 9.59 Å². The molecule has 0 aliphatic carbocycles. The van der Waals surface area contributed by atoms with Crippen molar-refractivity contribution in [3.63, 3.8) is 0 Å². The molecule has 5 nitrogen and oxygen atoms in total. The first kappa shape index (κ1) is 17.5. The minimum absolute atomic E-state index is 0.0780. The number of ether oxygens (including phenoxy) is 2. The number of amides is 1. The summed E-state index contributed by atoms with van der Waals surface area (Å²) >= 11 is 0. The highest BCUT2D eigenvalue weighted by Gasteiger charge is 2.10. The van der Waals surface area contributed by atoms with E-state index in [4.69, 9.17) is 9.47 Å². The predicted molar refractivity (Wildman–Crippen MR) is 92.9 cm³/mol. The predicted octanol–water partition coefficient (Wildman–Crippen LogP) is 3.48. The van der Waals surface area contributed by atoms with Gasteiger partial charge in [-0.2, -0.15) is 0 Å². The largest absolute Gasteiger partial charge is 0.493 e. The van der Waals surface area contributed by atoms with Crippen LogP contribution in [0, 0.1) is 0 Å². The minimum atomic E-state index is -0.140. The Morgan fingerprint density at radius 1 is 1.00 bits per heavy atom. The molecule has 1 amide bonds. The summed E-state index contributed by atoms with van der Waals surface area (Å²) in [6.45, 7) is 1.48. The highest BCUT2D eigenvalue weighted by molar-refractivity contribution is 6.03. The number of carbonyl (C=O) groups is 2. The van der Waals surface area contributed by atoms with Gasteiger partial charge in [0.15, 0.2) is 17.3 Å². The summed E-state index contributed by atoms with van der Waals surface area (Å²) in [6.07, 6.45) is 0.871. The molecule has 0 fully saturated rings. The molecule has 2 aromatic carbocycles. The normalized spacial score (nSPS) is 10.1. The second kappa shape index (κ2) is 8.15. The van der Waals surface area contributed by atoms with Crippen LogP contribution in [0.25, 0.3) is 0 Å². The lowest BCUT2D eigenvalue weighted by Crippen LogP contribution is -2.14. The third kappa shape index (κ3) is 4.35. The van der Waals surface area contributed by atoms with E-state index in [0.717, 1.165) is 5.56 Å². The number of aryl methyl sites for hydroxylation is 1. The summed E-state index contributed by atoms with van der Waals surface area (Å²) in [7, 11) is 3.16. The maximum atomic E-state index is 12.2. The van der Waals surface area contributed by atoms with Crippen molar-refractivity contribution in [3.05, 3.63) is 53.6 Å². The third-order valence-corrected chi connectivity index (χ3v) is 3.67. The fourth-order valence-electron chi connectivity index (χ4n) is 2.41. The Labute approximate surface area is 141 Å². The van der Waals surface area contributed by atoms with E-state index in [-0.39, 0.29) is 11.7 Å². The van der Waals surface area contributed by atoms with E-state index in [1.165, 1.54) is 6.92 Å². The van der Waals surface area contributed by atoms with Crippen LogP contribution in [0.15, 0.2) is 42.5 Å². The number of methoxy groups -OCH3 is 2. The molecule has 5 heteroatoms. The van der Waals surface area contributed by atoms with Crippen molar-refractivity contribution in [2.75, 3.05) is 19.5 Å². The molecule has 0 saturated carbocycles. The monoisotopic (exact) mass is 327 g/mol. The quantitative estimate of drug-likeness (QED) is 0.791. The van der Waals surface area contributed by atoms with Gasteiger partial charge in [-0.3, -0.25) is 9.59 Å². The molecule has 126 valence electrons. The van der Waals surface area contributed by atoms with Gasteiger partial charge < -0.3 is 14.8 Å². The molecule has 0 aromatic heterocycles. The molecule has 0 bridgehead atoms. The summed E-state index contributed by atoms with van der Waals surface area (Å²) in [5.41, 5.74) is 2.03. The summed E-state index contributed by atoms with van der Waals surface area (Å²) < 4.78 is 10.5. The van der Waals surface area contributed by atoms with Crippen LogP contribution in [0.1, 0.15) is 29.3 Å². The molecule has 0 saturated heterocycles. The fourth-order valence-corrected chi connectivity index (χ4v) is 2.41. The SMILES string of the molecule is COc1ccc(CCC(=O)Nc2ccccc2C(C)=O)cc1OC. The maximum absolute atomic E-state index is 12.2. The van der Waals surface area contributed by atoms with Crippen molar-refractivity contribution in [3.8, 4) is 11.5 Å². The molecule has 0 spiro atoms. The summed E-state index contributed by atoms with van der Waals surface area (Å²) in [4.78, 5) is 23.7. The lowest BCUT2D eigenvalue weighted by atomic mass is 10.1. The first-order valence-electron chi connectivity index (χ1n) is 7.66. The Kier molecular flexibility index (Phi) is 5.95. The third-order valence-electron chi connectivity index (χ3n) is 3.67. The first-order chi connectivity index (χ1) is 11.5. The molecule has 0 atom stereocenters. The van der Waals surface area contributed by atoms with Crippen molar-refractivity contribution in [1.29, 1.82) is 0 Å². The standard InChI is InChI=1S/C19H21NO4/c1-13(21)15-6-4-5-7-16(15)20-19(22)11-9-14-8-10-17(23-2)18(12-14)24-3/h4-8,10,12H,9,11H2,1-3H3,(H,20,22). The number of benzene rings is 2. The average molecular weight is 327 g/mol. The molecule has 2 rings (SSSR count). The molecule has 0 aliphatic heterocycles. The fraction of sp³-hybridized carbons (Fsp3) is 0.263. The van der Waals surface area contributed by atoms with E-state index in [0.29, 0.717) is 35.6 Å². The average Bonchev–Trinajstić information content (AvgIpc) is 2.59. The van der Waals surface area contributed by atoms with Crippen LogP contribution >= 0.6 is 0 Å². The van der Waals surface area contributed by atoms with Crippen molar-refractivity contribution in [2.45, 2.75) is 19.8 Å². The number of para-hydroxylation sites is 1. The van der Waals surface area contributed by atoms with E-state index < -0.39 is 0 Å². The van der Waals surface area contributed by atoms with Gasteiger partial charge in [0, 0.05) is 12.0 Å². The van der Waals surface area contributed by atoms with Gasteiger partial charge in [-0.1, -0.05) is 18.2 Å². The van der Waals surface area contributed by atoms with Crippen LogP contribution in [0.2, 0.25) is 0 Å². The smallest absolute Gasteiger partial charge is 0.224 e. The highest BCUT2D eigenvalue weighted by atomic mass is 16.5. The topological polar surface area (TPSA) is 64.6 Å². The number of rotatable bonds is 7. The Morgan fingerprint density at radius 2 is 1.71 bits per heavy atom.